The van der Waals surface area contributed by atoms with Crippen molar-refractivity contribution in [3.8, 4) is 0 Å². The summed E-state index contributed by atoms with van der Waals surface area (Å²) in [5.74, 6) is -0.950. The summed E-state index contributed by atoms with van der Waals surface area (Å²) in [6, 6.07) is -1.98. The molecule has 2 saturated carbocycles. The van der Waals surface area contributed by atoms with Crippen molar-refractivity contribution in [2.45, 2.75) is 130 Å². The zero-order valence-corrected chi connectivity index (χ0v) is 22.7. The van der Waals surface area contributed by atoms with Crippen molar-refractivity contribution in [2.75, 3.05) is 6.54 Å². The smallest absolute Gasteiger partial charge is 0.251 e. The van der Waals surface area contributed by atoms with Crippen LogP contribution in [0.2, 0.25) is 0 Å². The molecule has 0 bridgehead atoms. The molecule has 0 aromatic rings. The van der Waals surface area contributed by atoms with Gasteiger partial charge >= 0.3 is 0 Å². The Morgan fingerprint density at radius 2 is 1.74 bits per heavy atom. The summed E-state index contributed by atoms with van der Waals surface area (Å²) in [7, 11) is 0. The minimum absolute atomic E-state index is 0.124. The average Bonchev–Trinajstić information content (AvgIpc) is 3.55. The number of carbonyl (C=O) groups is 3. The average molecular weight is 493 g/mol. The van der Waals surface area contributed by atoms with Crippen molar-refractivity contribution in [3.63, 3.8) is 0 Å². The second-order valence-corrected chi connectivity index (χ2v) is 13.0. The lowest BCUT2D eigenvalue weighted by Crippen LogP contribution is -2.60. The fourth-order valence-electron chi connectivity index (χ4n) is 5.79. The van der Waals surface area contributed by atoms with Gasteiger partial charge in [-0.2, -0.15) is 0 Å². The fraction of sp³-hybridized carbons (Fsp3) is 0.889. The molecule has 1 spiro atoms. The van der Waals surface area contributed by atoms with E-state index < -0.39 is 35.6 Å². The Hall–Kier alpha value is -1.67. The molecule has 35 heavy (non-hydrogen) atoms. The van der Waals surface area contributed by atoms with Gasteiger partial charge in [-0.1, -0.05) is 54.4 Å². The van der Waals surface area contributed by atoms with Crippen LogP contribution >= 0.6 is 0 Å². The van der Waals surface area contributed by atoms with E-state index in [1.165, 1.54) is 6.42 Å². The number of amides is 3. The molecule has 2 aliphatic carbocycles. The summed E-state index contributed by atoms with van der Waals surface area (Å²) in [5, 5.41) is 16.5. The van der Waals surface area contributed by atoms with Gasteiger partial charge in [0.15, 0.2) is 6.10 Å². The minimum Gasteiger partial charge on any atom is -0.381 e. The molecule has 1 saturated heterocycles. The minimum atomic E-state index is -1.32. The molecule has 0 aromatic carbocycles. The molecule has 3 rings (SSSR count). The van der Waals surface area contributed by atoms with E-state index in [2.05, 4.69) is 24.5 Å². The van der Waals surface area contributed by atoms with Crippen LogP contribution < -0.4 is 16.4 Å². The van der Waals surface area contributed by atoms with Gasteiger partial charge in [0.25, 0.3) is 5.91 Å². The van der Waals surface area contributed by atoms with Gasteiger partial charge < -0.3 is 26.4 Å². The van der Waals surface area contributed by atoms with E-state index in [4.69, 9.17) is 5.73 Å². The van der Waals surface area contributed by atoms with Crippen LogP contribution in [0, 0.1) is 16.2 Å². The highest BCUT2D eigenvalue weighted by Crippen LogP contribution is 2.58. The number of nitrogens with zero attached hydrogens (tertiary/aromatic N) is 1. The maximum Gasteiger partial charge on any atom is 0.251 e. The lowest BCUT2D eigenvalue weighted by molar-refractivity contribution is -0.146. The van der Waals surface area contributed by atoms with Crippen molar-refractivity contribution in [3.05, 3.63) is 0 Å². The van der Waals surface area contributed by atoms with Crippen molar-refractivity contribution in [2.24, 2.45) is 22.0 Å². The number of rotatable bonds is 8. The van der Waals surface area contributed by atoms with Crippen LogP contribution in [0.5, 0.6) is 0 Å². The topological polar surface area (TPSA) is 125 Å². The molecule has 1 aliphatic heterocycles. The van der Waals surface area contributed by atoms with E-state index in [-0.39, 0.29) is 28.7 Å². The van der Waals surface area contributed by atoms with Crippen LogP contribution in [-0.2, 0) is 14.4 Å². The Bertz CT molecular complexity index is 797. The van der Waals surface area contributed by atoms with Gasteiger partial charge in [-0.25, -0.2) is 0 Å². The Morgan fingerprint density at radius 1 is 1.11 bits per heavy atom. The number of hydrogen-bond donors (Lipinski definition) is 4. The third-order valence-corrected chi connectivity index (χ3v) is 8.87. The fourth-order valence-corrected chi connectivity index (χ4v) is 5.79. The summed E-state index contributed by atoms with van der Waals surface area (Å²) in [6.45, 7) is 12.7. The number of aliphatic hydroxyl groups is 1. The molecular weight excluding hydrogens is 444 g/mol. The monoisotopic (exact) mass is 492 g/mol. The quantitative estimate of drug-likeness (QED) is 0.414. The van der Waals surface area contributed by atoms with Gasteiger partial charge in [-0.05, 0) is 61.2 Å². The van der Waals surface area contributed by atoms with Crippen LogP contribution in [0.25, 0.3) is 0 Å². The first kappa shape index (κ1) is 27.9. The zero-order chi connectivity index (χ0) is 26.2. The molecule has 0 aromatic heterocycles. The molecule has 8 heteroatoms. The van der Waals surface area contributed by atoms with E-state index in [1.54, 1.807) is 4.90 Å². The van der Waals surface area contributed by atoms with Gasteiger partial charge in [-0.15, -0.1) is 0 Å². The normalized spacial score (nSPS) is 26.2. The van der Waals surface area contributed by atoms with E-state index in [0.717, 1.165) is 32.1 Å². The number of carbonyl (C=O) groups excluding carboxylic acids is 3. The summed E-state index contributed by atoms with van der Waals surface area (Å²) >= 11 is 0. The molecule has 8 nitrogen and oxygen atoms in total. The summed E-state index contributed by atoms with van der Waals surface area (Å²) < 4.78 is 0. The third kappa shape index (κ3) is 6.01. The first-order valence-corrected chi connectivity index (χ1v) is 13.6. The Morgan fingerprint density at radius 3 is 2.23 bits per heavy atom. The second kappa shape index (κ2) is 10.4. The van der Waals surface area contributed by atoms with Crippen molar-refractivity contribution < 1.29 is 19.5 Å². The highest BCUT2D eigenvalue weighted by molar-refractivity contribution is 5.91. The van der Waals surface area contributed by atoms with Crippen LogP contribution in [-0.4, -0.2) is 64.5 Å². The molecule has 5 N–H and O–H groups in total. The number of aliphatic hydroxyl groups excluding tert-OH is 1. The maximum absolute atomic E-state index is 13.7. The van der Waals surface area contributed by atoms with Crippen LogP contribution in [0.4, 0.5) is 0 Å². The van der Waals surface area contributed by atoms with Gasteiger partial charge in [0.2, 0.25) is 11.8 Å². The molecule has 3 fully saturated rings. The van der Waals surface area contributed by atoms with Crippen LogP contribution in [0.3, 0.4) is 0 Å². The molecule has 4 atom stereocenters. The Balaban J connectivity index is 1.84. The van der Waals surface area contributed by atoms with Gasteiger partial charge in [0.1, 0.15) is 6.04 Å². The predicted molar refractivity (Wildman–Crippen MR) is 136 cm³/mol. The first-order chi connectivity index (χ1) is 16.2. The van der Waals surface area contributed by atoms with Crippen LogP contribution in [0.15, 0.2) is 0 Å². The summed E-state index contributed by atoms with van der Waals surface area (Å²) in [5.41, 5.74) is 5.96. The predicted octanol–water partition coefficient (Wildman–Crippen LogP) is 2.47. The largest absolute Gasteiger partial charge is 0.381 e. The van der Waals surface area contributed by atoms with Crippen molar-refractivity contribution in [1.82, 2.24) is 15.5 Å². The summed E-state index contributed by atoms with van der Waals surface area (Å²) in [4.78, 5) is 41.7. The van der Waals surface area contributed by atoms with E-state index in [0.29, 0.717) is 25.8 Å². The lowest BCUT2D eigenvalue weighted by Gasteiger charge is -2.53. The number of nitrogens with one attached hydrogen (secondary N) is 2. The van der Waals surface area contributed by atoms with E-state index >= 15 is 0 Å². The van der Waals surface area contributed by atoms with Gasteiger partial charge in [-0.3, -0.25) is 14.4 Å². The lowest BCUT2D eigenvalue weighted by atomic mass is 9.53. The molecule has 0 radical (unpaired) electrons. The molecule has 200 valence electrons. The Kier molecular flexibility index (Phi) is 8.27. The number of likely N-dealkylation sites (tertiary alicyclic amines) is 1. The van der Waals surface area contributed by atoms with Crippen LogP contribution in [0.1, 0.15) is 99.3 Å². The number of nitrogens with two attached hydrogens (primary N) is 1. The maximum atomic E-state index is 13.7. The molecular formula is C27H48N4O4. The van der Waals surface area contributed by atoms with Crippen molar-refractivity contribution in [1.29, 1.82) is 0 Å². The van der Waals surface area contributed by atoms with Crippen molar-refractivity contribution >= 4 is 17.7 Å². The zero-order valence-electron chi connectivity index (χ0n) is 22.7. The van der Waals surface area contributed by atoms with E-state index in [9.17, 15) is 19.5 Å². The number of hydrogen-bond acceptors (Lipinski definition) is 5. The SMILES string of the molecule is CCC[C@H](NC(=O)[C@@H]1CCC2(CCC2)C(C)(C)CN1C(=O)[C@@H](N)C(C)(C)C)C(O)C(=O)NC1CC1. The molecule has 3 aliphatic rings. The first-order valence-electron chi connectivity index (χ1n) is 13.6. The molecule has 1 heterocycles. The van der Waals surface area contributed by atoms with Gasteiger partial charge in [0, 0.05) is 12.6 Å². The summed E-state index contributed by atoms with van der Waals surface area (Å²) in [6.07, 6.45) is 6.54. The van der Waals surface area contributed by atoms with Gasteiger partial charge in [0.05, 0.1) is 12.1 Å². The second-order valence-electron chi connectivity index (χ2n) is 13.0. The highest BCUT2D eigenvalue weighted by Gasteiger charge is 2.54. The third-order valence-electron chi connectivity index (χ3n) is 8.87. The standard InChI is InChI=1S/C27H48N4O4/c1-7-9-18(20(32)23(34)29-17-10-11-17)30-22(33)19-12-15-27(13-8-14-27)26(5,6)16-31(19)24(35)21(28)25(2,3)4/h17-21,32H,7-16,28H2,1-6H3,(H,29,34)(H,30,33)/t18-,19-,20?,21+/m0/s1. The highest BCUT2D eigenvalue weighted by atomic mass is 16.3. The molecule has 1 unspecified atom stereocenters. The molecule has 3 amide bonds. The Labute approximate surface area is 211 Å². The van der Waals surface area contributed by atoms with E-state index in [1.807, 2.05) is 27.7 Å².